The van der Waals surface area contributed by atoms with Crippen LogP contribution in [0.2, 0.25) is 0 Å². The van der Waals surface area contributed by atoms with Crippen molar-refractivity contribution in [1.82, 2.24) is 5.32 Å². The lowest BCUT2D eigenvalue weighted by molar-refractivity contribution is -0.120. The number of unbranched alkanes of at least 4 members (excludes halogenated alkanes) is 2. The zero-order valence-electron chi connectivity index (χ0n) is 9.72. The summed E-state index contributed by atoms with van der Waals surface area (Å²) in [5.41, 5.74) is 0.456. The van der Waals surface area contributed by atoms with Crippen LogP contribution in [-0.4, -0.2) is 16.9 Å². The molecule has 0 aliphatic carbocycles. The average Bonchev–Trinajstić information content (AvgIpc) is 2.32. The number of rotatable bonds is 7. The molecule has 0 atom stereocenters. The van der Waals surface area contributed by atoms with E-state index in [1.165, 1.54) is 12.5 Å². The Morgan fingerprint density at radius 3 is 2.71 bits per heavy atom. The van der Waals surface area contributed by atoms with Crippen LogP contribution in [0.25, 0.3) is 0 Å². The van der Waals surface area contributed by atoms with Gasteiger partial charge < -0.3 is 5.32 Å². The fourth-order valence-electron chi connectivity index (χ4n) is 1.50. The molecule has 17 heavy (non-hydrogen) atoms. The summed E-state index contributed by atoms with van der Waals surface area (Å²) in [4.78, 5) is 11.5. The Hall–Kier alpha value is -0.650. The minimum absolute atomic E-state index is 0.107. The number of carbonyl (C=O) groups excluding carboxylic acids is 1. The Morgan fingerprint density at radius 1 is 1.24 bits per heavy atom. The average molecular weight is 349 g/mol. The first-order valence-corrected chi connectivity index (χ1v) is 7.32. The zero-order chi connectivity index (χ0) is 12.5. The molecule has 0 unspecified atom stereocenters. The third kappa shape index (κ3) is 6.00. The molecule has 4 heteroatoms. The molecule has 0 aliphatic rings. The lowest BCUT2D eigenvalue weighted by atomic mass is 10.1. The SMILES string of the molecule is O=C(Cc1ccccc1F)NCCCCCI. The highest BCUT2D eigenvalue weighted by Gasteiger charge is 2.06. The Kier molecular flexibility index (Phi) is 7.16. The molecule has 1 aromatic rings. The smallest absolute Gasteiger partial charge is 0.224 e. The third-order valence-corrected chi connectivity index (χ3v) is 3.20. The zero-order valence-corrected chi connectivity index (χ0v) is 11.9. The van der Waals surface area contributed by atoms with Gasteiger partial charge in [-0.25, -0.2) is 4.39 Å². The van der Waals surface area contributed by atoms with E-state index in [0.717, 1.165) is 17.3 Å². The molecule has 0 aromatic heterocycles. The maximum Gasteiger partial charge on any atom is 0.224 e. The molecule has 0 fully saturated rings. The van der Waals surface area contributed by atoms with Gasteiger partial charge >= 0.3 is 0 Å². The van der Waals surface area contributed by atoms with Crippen LogP contribution < -0.4 is 5.32 Å². The molecule has 1 amide bonds. The van der Waals surface area contributed by atoms with E-state index in [2.05, 4.69) is 27.9 Å². The maximum atomic E-state index is 13.3. The predicted octanol–water partition coefficient (Wildman–Crippen LogP) is 3.09. The Balaban J connectivity index is 2.23. The molecular formula is C13H17FINO. The lowest BCUT2D eigenvalue weighted by Gasteiger charge is -2.05. The standard InChI is InChI=1S/C13H17FINO/c14-12-7-3-2-6-11(12)10-13(17)16-9-5-1-4-8-15/h2-3,6-7H,1,4-5,8-10H2,(H,16,17). The minimum Gasteiger partial charge on any atom is -0.356 e. The van der Waals surface area contributed by atoms with Crippen molar-refractivity contribution in [2.75, 3.05) is 11.0 Å². The van der Waals surface area contributed by atoms with E-state index in [-0.39, 0.29) is 18.1 Å². The summed E-state index contributed by atoms with van der Waals surface area (Å²) in [5.74, 6) is -0.419. The van der Waals surface area contributed by atoms with Crippen LogP contribution in [0.15, 0.2) is 24.3 Å². The Labute approximate surface area is 115 Å². The molecule has 1 rings (SSSR count). The van der Waals surface area contributed by atoms with Crippen molar-refractivity contribution in [2.24, 2.45) is 0 Å². The van der Waals surface area contributed by atoms with Crippen LogP contribution in [0, 0.1) is 5.82 Å². The predicted molar refractivity (Wildman–Crippen MR) is 75.9 cm³/mol. The number of nitrogens with one attached hydrogen (secondary N) is 1. The first kappa shape index (κ1) is 14.4. The number of alkyl halides is 1. The van der Waals surface area contributed by atoms with Gasteiger partial charge in [0.05, 0.1) is 6.42 Å². The van der Waals surface area contributed by atoms with Gasteiger partial charge in [-0.1, -0.05) is 47.2 Å². The monoisotopic (exact) mass is 349 g/mol. The Bertz CT molecular complexity index is 357. The highest BCUT2D eigenvalue weighted by molar-refractivity contribution is 14.1. The van der Waals surface area contributed by atoms with E-state index in [9.17, 15) is 9.18 Å². The van der Waals surface area contributed by atoms with Gasteiger partial charge in [0, 0.05) is 6.54 Å². The largest absolute Gasteiger partial charge is 0.356 e. The summed E-state index contributed by atoms with van der Waals surface area (Å²) < 4.78 is 14.4. The van der Waals surface area contributed by atoms with Gasteiger partial charge in [-0.2, -0.15) is 0 Å². The van der Waals surface area contributed by atoms with Gasteiger partial charge in [0.15, 0.2) is 0 Å². The summed E-state index contributed by atoms with van der Waals surface area (Å²) in [6, 6.07) is 6.39. The van der Waals surface area contributed by atoms with Crippen LogP contribution in [0.1, 0.15) is 24.8 Å². The molecule has 0 aliphatic heterocycles. The van der Waals surface area contributed by atoms with Crippen molar-refractivity contribution < 1.29 is 9.18 Å². The van der Waals surface area contributed by atoms with Crippen LogP contribution in [0.5, 0.6) is 0 Å². The quantitative estimate of drug-likeness (QED) is 0.458. The summed E-state index contributed by atoms with van der Waals surface area (Å²) in [6.45, 7) is 0.684. The van der Waals surface area contributed by atoms with Crippen molar-refractivity contribution in [3.05, 3.63) is 35.6 Å². The molecule has 94 valence electrons. The van der Waals surface area contributed by atoms with Gasteiger partial charge in [-0.3, -0.25) is 4.79 Å². The van der Waals surface area contributed by atoms with Crippen molar-refractivity contribution in [2.45, 2.75) is 25.7 Å². The van der Waals surface area contributed by atoms with Crippen molar-refractivity contribution >= 4 is 28.5 Å². The molecule has 0 saturated carbocycles. The van der Waals surface area contributed by atoms with Crippen molar-refractivity contribution in [3.8, 4) is 0 Å². The van der Waals surface area contributed by atoms with Crippen LogP contribution in [-0.2, 0) is 11.2 Å². The second kappa shape index (κ2) is 8.44. The van der Waals surface area contributed by atoms with E-state index in [4.69, 9.17) is 0 Å². The molecule has 0 spiro atoms. The molecule has 1 N–H and O–H groups in total. The molecule has 0 bridgehead atoms. The van der Waals surface area contributed by atoms with E-state index < -0.39 is 0 Å². The van der Waals surface area contributed by atoms with Crippen LogP contribution in [0.3, 0.4) is 0 Å². The van der Waals surface area contributed by atoms with Gasteiger partial charge in [0.1, 0.15) is 5.82 Å². The maximum absolute atomic E-state index is 13.3. The Morgan fingerprint density at radius 2 is 2.00 bits per heavy atom. The van der Waals surface area contributed by atoms with Crippen molar-refractivity contribution in [1.29, 1.82) is 0 Å². The summed E-state index contributed by atoms with van der Waals surface area (Å²) >= 11 is 2.34. The number of benzene rings is 1. The second-order valence-corrected chi connectivity index (χ2v) is 4.95. The first-order valence-electron chi connectivity index (χ1n) is 5.80. The molecule has 0 radical (unpaired) electrons. The number of hydrogen-bond acceptors (Lipinski definition) is 1. The second-order valence-electron chi connectivity index (χ2n) is 3.87. The fourth-order valence-corrected chi connectivity index (χ4v) is 2.04. The normalized spacial score (nSPS) is 10.2. The van der Waals surface area contributed by atoms with Crippen molar-refractivity contribution in [3.63, 3.8) is 0 Å². The molecule has 0 saturated heterocycles. The topological polar surface area (TPSA) is 29.1 Å². The minimum atomic E-state index is -0.312. The van der Waals surface area contributed by atoms with Gasteiger partial charge in [0.2, 0.25) is 5.91 Å². The molecule has 2 nitrogen and oxygen atoms in total. The summed E-state index contributed by atoms with van der Waals surface area (Å²) in [7, 11) is 0. The van der Waals surface area contributed by atoms with E-state index in [1.807, 2.05) is 0 Å². The van der Waals surface area contributed by atoms with E-state index in [0.29, 0.717) is 12.1 Å². The highest BCUT2D eigenvalue weighted by Crippen LogP contribution is 2.06. The first-order chi connectivity index (χ1) is 8.24. The van der Waals surface area contributed by atoms with E-state index >= 15 is 0 Å². The highest BCUT2D eigenvalue weighted by atomic mass is 127. The third-order valence-electron chi connectivity index (χ3n) is 2.44. The number of amides is 1. The fraction of sp³-hybridized carbons (Fsp3) is 0.462. The van der Waals surface area contributed by atoms with E-state index in [1.54, 1.807) is 18.2 Å². The van der Waals surface area contributed by atoms with Gasteiger partial charge in [-0.05, 0) is 28.9 Å². The lowest BCUT2D eigenvalue weighted by Crippen LogP contribution is -2.26. The summed E-state index contributed by atoms with van der Waals surface area (Å²) in [5, 5.41) is 2.81. The number of halogens is 2. The van der Waals surface area contributed by atoms with Crippen LogP contribution in [0.4, 0.5) is 4.39 Å². The number of carbonyl (C=O) groups is 1. The van der Waals surface area contributed by atoms with Crippen LogP contribution >= 0.6 is 22.6 Å². The molecule has 0 heterocycles. The summed E-state index contributed by atoms with van der Waals surface area (Å²) in [6.07, 6.45) is 3.43. The number of hydrogen-bond donors (Lipinski definition) is 1. The van der Waals surface area contributed by atoms with Gasteiger partial charge in [-0.15, -0.1) is 0 Å². The van der Waals surface area contributed by atoms with Gasteiger partial charge in [0.25, 0.3) is 0 Å². The molecular weight excluding hydrogens is 332 g/mol. The molecule has 1 aromatic carbocycles.